The van der Waals surface area contributed by atoms with Gasteiger partial charge in [-0.1, -0.05) is 13.8 Å². The number of hydrogen-bond acceptors (Lipinski definition) is 2. The van der Waals surface area contributed by atoms with E-state index in [2.05, 4.69) is 36.3 Å². The Bertz CT molecular complexity index is 304. The Balaban J connectivity index is 1.89. The Morgan fingerprint density at radius 1 is 1.25 bits per heavy atom. The molecule has 0 bridgehead atoms. The molecule has 20 heavy (non-hydrogen) atoms. The fourth-order valence-electron chi connectivity index (χ4n) is 2.93. The Morgan fingerprint density at radius 2 is 1.95 bits per heavy atom. The Hall–Kier alpha value is -0.770. The number of aliphatic imine (C=N–C) groups is 1. The molecule has 0 aromatic rings. The first-order valence-corrected chi connectivity index (χ1v) is 8.48. The average Bonchev–Trinajstić information content (AvgIpc) is 3.05. The molecule has 116 valence electrons. The summed E-state index contributed by atoms with van der Waals surface area (Å²) >= 11 is 0. The number of rotatable bonds is 7. The fraction of sp³-hybridized carbons (Fsp3) is 0.938. The summed E-state index contributed by atoms with van der Waals surface area (Å²) in [5, 5.41) is 6.89. The van der Waals surface area contributed by atoms with E-state index in [9.17, 15) is 0 Å². The van der Waals surface area contributed by atoms with Crippen LogP contribution in [0.5, 0.6) is 0 Å². The van der Waals surface area contributed by atoms with Crippen LogP contribution in [-0.2, 0) is 0 Å². The van der Waals surface area contributed by atoms with Crippen molar-refractivity contribution in [1.29, 1.82) is 0 Å². The van der Waals surface area contributed by atoms with Gasteiger partial charge in [0.1, 0.15) is 0 Å². The van der Waals surface area contributed by atoms with Gasteiger partial charge in [-0.2, -0.15) is 0 Å². The molecule has 1 aliphatic heterocycles. The zero-order chi connectivity index (χ0) is 14.4. The van der Waals surface area contributed by atoms with Crippen molar-refractivity contribution in [2.45, 2.75) is 65.0 Å². The summed E-state index contributed by atoms with van der Waals surface area (Å²) in [5.74, 6) is 1.76. The van der Waals surface area contributed by atoms with E-state index in [1.54, 1.807) is 0 Å². The van der Waals surface area contributed by atoms with Gasteiger partial charge in [-0.25, -0.2) is 0 Å². The van der Waals surface area contributed by atoms with Crippen LogP contribution in [0.25, 0.3) is 0 Å². The molecule has 2 aliphatic rings. The molecule has 0 aromatic heterocycles. The predicted molar refractivity (Wildman–Crippen MR) is 86.2 cm³/mol. The van der Waals surface area contributed by atoms with Crippen molar-refractivity contribution < 1.29 is 0 Å². The highest BCUT2D eigenvalue weighted by atomic mass is 15.2. The monoisotopic (exact) mass is 280 g/mol. The molecule has 1 aliphatic carbocycles. The Morgan fingerprint density at radius 3 is 2.50 bits per heavy atom. The number of likely N-dealkylation sites (tertiary alicyclic amines) is 1. The van der Waals surface area contributed by atoms with E-state index in [0.29, 0.717) is 12.1 Å². The molecular formula is C16H32N4. The lowest BCUT2D eigenvalue weighted by atomic mass is 10.0. The topological polar surface area (TPSA) is 39.7 Å². The highest BCUT2D eigenvalue weighted by Crippen LogP contribution is 2.19. The second-order valence-corrected chi connectivity index (χ2v) is 6.66. The maximum atomic E-state index is 4.84. The number of nitrogens with one attached hydrogen (secondary N) is 2. The van der Waals surface area contributed by atoms with Crippen molar-refractivity contribution in [3.05, 3.63) is 0 Å². The molecular weight excluding hydrogens is 248 g/mol. The Labute approximate surface area is 124 Å². The SMILES string of the molecule is CCNC(=NCC(CC(C)C)N1CCCC1)NC1CC1. The molecule has 2 fully saturated rings. The van der Waals surface area contributed by atoms with E-state index >= 15 is 0 Å². The lowest BCUT2D eigenvalue weighted by molar-refractivity contribution is 0.218. The standard InChI is InChI=1S/C16H32N4/c1-4-17-16(19-14-7-8-14)18-12-15(11-13(2)3)20-9-5-6-10-20/h13-15H,4-12H2,1-3H3,(H2,17,18,19). The van der Waals surface area contributed by atoms with Crippen LogP contribution in [0.3, 0.4) is 0 Å². The highest BCUT2D eigenvalue weighted by molar-refractivity contribution is 5.80. The average molecular weight is 280 g/mol. The number of hydrogen-bond donors (Lipinski definition) is 2. The molecule has 2 N–H and O–H groups in total. The first kappa shape index (κ1) is 15.6. The molecule has 1 heterocycles. The van der Waals surface area contributed by atoms with Crippen molar-refractivity contribution in [3.8, 4) is 0 Å². The minimum absolute atomic E-state index is 0.618. The third-order valence-electron chi connectivity index (χ3n) is 4.12. The summed E-state index contributed by atoms with van der Waals surface area (Å²) < 4.78 is 0. The van der Waals surface area contributed by atoms with E-state index in [-0.39, 0.29) is 0 Å². The normalized spacial score (nSPS) is 22.3. The van der Waals surface area contributed by atoms with E-state index in [1.807, 2.05) is 0 Å². The lowest BCUT2D eigenvalue weighted by Gasteiger charge is -2.28. The molecule has 1 atom stereocenters. The van der Waals surface area contributed by atoms with Gasteiger partial charge in [0.25, 0.3) is 0 Å². The van der Waals surface area contributed by atoms with E-state index in [1.165, 1.54) is 45.2 Å². The highest BCUT2D eigenvalue weighted by Gasteiger charge is 2.24. The molecule has 1 saturated carbocycles. The van der Waals surface area contributed by atoms with Crippen LogP contribution in [-0.4, -0.2) is 49.1 Å². The fourth-order valence-corrected chi connectivity index (χ4v) is 2.93. The van der Waals surface area contributed by atoms with Crippen LogP contribution in [0.2, 0.25) is 0 Å². The smallest absolute Gasteiger partial charge is 0.191 e. The minimum atomic E-state index is 0.618. The number of guanidine groups is 1. The largest absolute Gasteiger partial charge is 0.357 e. The quantitative estimate of drug-likeness (QED) is 0.555. The summed E-state index contributed by atoms with van der Waals surface area (Å²) in [6.45, 7) is 11.2. The van der Waals surface area contributed by atoms with Gasteiger partial charge >= 0.3 is 0 Å². The van der Waals surface area contributed by atoms with Crippen molar-refractivity contribution in [2.75, 3.05) is 26.2 Å². The van der Waals surface area contributed by atoms with Gasteiger partial charge in [-0.05, 0) is 58.0 Å². The summed E-state index contributed by atoms with van der Waals surface area (Å²) in [4.78, 5) is 7.49. The minimum Gasteiger partial charge on any atom is -0.357 e. The van der Waals surface area contributed by atoms with Gasteiger partial charge in [-0.15, -0.1) is 0 Å². The second kappa shape index (κ2) is 7.87. The van der Waals surface area contributed by atoms with Crippen LogP contribution in [0.1, 0.15) is 52.9 Å². The maximum absolute atomic E-state index is 4.84. The van der Waals surface area contributed by atoms with Gasteiger partial charge in [0.2, 0.25) is 0 Å². The molecule has 0 aromatic carbocycles. The van der Waals surface area contributed by atoms with Crippen LogP contribution in [0.4, 0.5) is 0 Å². The van der Waals surface area contributed by atoms with Gasteiger partial charge < -0.3 is 10.6 Å². The van der Waals surface area contributed by atoms with Crippen LogP contribution in [0.15, 0.2) is 4.99 Å². The Kier molecular flexibility index (Phi) is 6.14. The third kappa shape index (κ3) is 5.31. The summed E-state index contributed by atoms with van der Waals surface area (Å²) in [6.07, 6.45) is 6.57. The van der Waals surface area contributed by atoms with E-state index in [4.69, 9.17) is 4.99 Å². The van der Waals surface area contributed by atoms with Crippen molar-refractivity contribution in [3.63, 3.8) is 0 Å². The molecule has 1 saturated heterocycles. The van der Waals surface area contributed by atoms with Gasteiger partial charge in [0.15, 0.2) is 5.96 Å². The van der Waals surface area contributed by atoms with Crippen LogP contribution in [0, 0.1) is 5.92 Å². The van der Waals surface area contributed by atoms with E-state index in [0.717, 1.165) is 25.0 Å². The first-order valence-electron chi connectivity index (χ1n) is 8.48. The number of nitrogens with zero attached hydrogens (tertiary/aromatic N) is 2. The van der Waals surface area contributed by atoms with Crippen LogP contribution >= 0.6 is 0 Å². The zero-order valence-corrected chi connectivity index (χ0v) is 13.5. The van der Waals surface area contributed by atoms with Crippen LogP contribution < -0.4 is 10.6 Å². The van der Waals surface area contributed by atoms with Crippen molar-refractivity contribution in [1.82, 2.24) is 15.5 Å². The predicted octanol–water partition coefficient (Wildman–Crippen LogP) is 2.21. The molecule has 4 nitrogen and oxygen atoms in total. The molecule has 4 heteroatoms. The zero-order valence-electron chi connectivity index (χ0n) is 13.5. The molecule has 0 radical (unpaired) electrons. The summed E-state index contributed by atoms with van der Waals surface area (Å²) in [7, 11) is 0. The van der Waals surface area contributed by atoms with Gasteiger partial charge in [-0.3, -0.25) is 9.89 Å². The van der Waals surface area contributed by atoms with Crippen molar-refractivity contribution >= 4 is 5.96 Å². The molecule has 1 unspecified atom stereocenters. The third-order valence-corrected chi connectivity index (χ3v) is 4.12. The first-order chi connectivity index (χ1) is 9.69. The van der Waals surface area contributed by atoms with E-state index < -0.39 is 0 Å². The maximum Gasteiger partial charge on any atom is 0.191 e. The van der Waals surface area contributed by atoms with Crippen molar-refractivity contribution in [2.24, 2.45) is 10.9 Å². The van der Waals surface area contributed by atoms with Gasteiger partial charge in [0.05, 0.1) is 6.54 Å². The molecule has 2 rings (SSSR count). The second-order valence-electron chi connectivity index (χ2n) is 6.66. The lowest BCUT2D eigenvalue weighted by Crippen LogP contribution is -2.41. The van der Waals surface area contributed by atoms with Gasteiger partial charge in [0, 0.05) is 18.6 Å². The molecule has 0 amide bonds. The summed E-state index contributed by atoms with van der Waals surface area (Å²) in [6, 6.07) is 1.29. The molecule has 0 spiro atoms. The summed E-state index contributed by atoms with van der Waals surface area (Å²) in [5.41, 5.74) is 0.